The van der Waals surface area contributed by atoms with Gasteiger partial charge in [0.05, 0.1) is 20.9 Å². The summed E-state index contributed by atoms with van der Waals surface area (Å²) in [6.45, 7) is 1.90. The van der Waals surface area contributed by atoms with Crippen LogP contribution < -0.4 is 10.5 Å². The van der Waals surface area contributed by atoms with Gasteiger partial charge in [0.1, 0.15) is 5.75 Å². The van der Waals surface area contributed by atoms with Crippen LogP contribution in [0.5, 0.6) is 11.5 Å². The van der Waals surface area contributed by atoms with E-state index in [0.29, 0.717) is 11.4 Å². The van der Waals surface area contributed by atoms with Gasteiger partial charge in [0.25, 0.3) is 0 Å². The Morgan fingerprint density at radius 2 is 1.95 bits per heavy atom. The summed E-state index contributed by atoms with van der Waals surface area (Å²) >= 11 is 1.53. The Morgan fingerprint density at radius 1 is 1.15 bits per heavy atom. The predicted octanol–water partition coefficient (Wildman–Crippen LogP) is 4.26. The highest BCUT2D eigenvalue weighted by Gasteiger charge is 2.10. The minimum atomic E-state index is -0.966. The number of aryl methyl sites for hydroxylation is 1. The molecular formula is C14H10F2N2OS. The first-order valence-corrected chi connectivity index (χ1v) is 6.64. The van der Waals surface area contributed by atoms with E-state index in [1.165, 1.54) is 17.4 Å². The Bertz CT molecular complexity index is 801. The van der Waals surface area contributed by atoms with Crippen LogP contribution in [0.2, 0.25) is 0 Å². The summed E-state index contributed by atoms with van der Waals surface area (Å²) < 4.78 is 32.5. The minimum Gasteiger partial charge on any atom is -0.455 e. The van der Waals surface area contributed by atoms with Crippen LogP contribution in [0.15, 0.2) is 30.3 Å². The highest BCUT2D eigenvalue weighted by Crippen LogP contribution is 2.34. The maximum atomic E-state index is 13.1. The second-order valence-corrected chi connectivity index (χ2v) is 5.50. The molecule has 1 heterocycles. The highest BCUT2D eigenvalue weighted by atomic mass is 32.1. The number of thiazole rings is 1. The first-order chi connectivity index (χ1) is 9.52. The van der Waals surface area contributed by atoms with E-state index < -0.39 is 11.6 Å². The van der Waals surface area contributed by atoms with Crippen LogP contribution in [0.1, 0.15) is 5.01 Å². The topological polar surface area (TPSA) is 48.1 Å². The lowest BCUT2D eigenvalue weighted by Gasteiger charge is -2.08. The molecule has 102 valence electrons. The van der Waals surface area contributed by atoms with Gasteiger partial charge < -0.3 is 10.5 Å². The lowest BCUT2D eigenvalue weighted by Crippen LogP contribution is -1.93. The second kappa shape index (κ2) is 4.72. The zero-order valence-electron chi connectivity index (χ0n) is 10.5. The third-order valence-electron chi connectivity index (χ3n) is 2.75. The van der Waals surface area contributed by atoms with Crippen LogP contribution in [0.25, 0.3) is 10.2 Å². The van der Waals surface area contributed by atoms with Crippen molar-refractivity contribution >= 4 is 27.2 Å². The van der Waals surface area contributed by atoms with Crippen molar-refractivity contribution in [2.24, 2.45) is 0 Å². The number of nitrogens with two attached hydrogens (primary N) is 1. The van der Waals surface area contributed by atoms with E-state index in [1.807, 2.05) is 6.92 Å². The van der Waals surface area contributed by atoms with E-state index in [2.05, 4.69) is 4.98 Å². The molecule has 0 bridgehead atoms. The summed E-state index contributed by atoms with van der Waals surface area (Å²) in [5, 5.41) is 0.921. The third kappa shape index (κ3) is 2.30. The van der Waals surface area contributed by atoms with Crippen molar-refractivity contribution in [2.75, 3.05) is 5.73 Å². The quantitative estimate of drug-likeness (QED) is 0.718. The molecule has 6 heteroatoms. The van der Waals surface area contributed by atoms with Crippen molar-refractivity contribution in [3.05, 3.63) is 47.0 Å². The third-order valence-corrected chi connectivity index (χ3v) is 3.68. The Hall–Kier alpha value is -2.21. The molecule has 0 aliphatic carbocycles. The number of benzene rings is 2. The zero-order valence-corrected chi connectivity index (χ0v) is 11.3. The molecule has 2 N–H and O–H groups in total. The number of rotatable bonds is 2. The fourth-order valence-electron chi connectivity index (χ4n) is 1.84. The molecule has 0 amide bonds. The van der Waals surface area contributed by atoms with Crippen LogP contribution in [0.4, 0.5) is 14.5 Å². The molecule has 0 saturated heterocycles. The average molecular weight is 292 g/mol. The van der Waals surface area contributed by atoms with Gasteiger partial charge in [-0.2, -0.15) is 0 Å². The molecule has 0 fully saturated rings. The molecule has 0 unspecified atom stereocenters. The smallest absolute Gasteiger partial charge is 0.162 e. The Morgan fingerprint density at radius 3 is 2.70 bits per heavy atom. The van der Waals surface area contributed by atoms with Gasteiger partial charge in [0.15, 0.2) is 17.4 Å². The Balaban J connectivity index is 2.00. The van der Waals surface area contributed by atoms with Crippen molar-refractivity contribution in [3.63, 3.8) is 0 Å². The summed E-state index contributed by atoms with van der Waals surface area (Å²) in [6.07, 6.45) is 0. The van der Waals surface area contributed by atoms with Crippen molar-refractivity contribution in [2.45, 2.75) is 6.92 Å². The molecule has 0 saturated carbocycles. The molecule has 0 aliphatic rings. The molecule has 3 nitrogen and oxygen atoms in total. The Kier molecular flexibility index (Phi) is 3.02. The molecular weight excluding hydrogens is 282 g/mol. The summed E-state index contributed by atoms with van der Waals surface area (Å²) in [4.78, 5) is 4.34. The molecule has 0 atom stereocenters. The number of aromatic nitrogens is 1. The van der Waals surface area contributed by atoms with Crippen LogP contribution >= 0.6 is 11.3 Å². The first kappa shape index (κ1) is 12.8. The lowest BCUT2D eigenvalue weighted by atomic mass is 10.2. The van der Waals surface area contributed by atoms with Crippen LogP contribution in [-0.4, -0.2) is 4.98 Å². The Labute approximate surface area is 117 Å². The summed E-state index contributed by atoms with van der Waals surface area (Å²) in [5.41, 5.74) is 7.08. The first-order valence-electron chi connectivity index (χ1n) is 5.82. The van der Waals surface area contributed by atoms with Gasteiger partial charge in [0.2, 0.25) is 0 Å². The number of anilines is 1. The van der Waals surface area contributed by atoms with E-state index in [-0.39, 0.29) is 5.75 Å². The monoisotopic (exact) mass is 292 g/mol. The molecule has 20 heavy (non-hydrogen) atoms. The number of nitrogen functional groups attached to an aromatic ring is 1. The van der Waals surface area contributed by atoms with Gasteiger partial charge >= 0.3 is 0 Å². The van der Waals surface area contributed by atoms with E-state index >= 15 is 0 Å². The van der Waals surface area contributed by atoms with Gasteiger partial charge in [-0.25, -0.2) is 13.8 Å². The largest absolute Gasteiger partial charge is 0.455 e. The number of ether oxygens (including phenoxy) is 1. The van der Waals surface area contributed by atoms with Gasteiger partial charge in [-0.3, -0.25) is 0 Å². The van der Waals surface area contributed by atoms with Crippen molar-refractivity contribution in [1.29, 1.82) is 0 Å². The van der Waals surface area contributed by atoms with Crippen LogP contribution in [-0.2, 0) is 0 Å². The van der Waals surface area contributed by atoms with Crippen LogP contribution in [0.3, 0.4) is 0 Å². The maximum absolute atomic E-state index is 13.1. The second-order valence-electron chi connectivity index (χ2n) is 4.27. The summed E-state index contributed by atoms with van der Waals surface area (Å²) in [5.74, 6) is -1.33. The molecule has 2 aromatic carbocycles. The van der Waals surface area contributed by atoms with Gasteiger partial charge in [-0.05, 0) is 25.1 Å². The number of halogens is 2. The SMILES string of the molecule is Cc1nc2cc(Oc3ccc(F)c(F)c3)c(N)cc2s1. The molecule has 0 aliphatic heterocycles. The van der Waals surface area contributed by atoms with E-state index in [0.717, 1.165) is 27.4 Å². The number of nitrogens with zero attached hydrogens (tertiary/aromatic N) is 1. The van der Waals surface area contributed by atoms with E-state index in [4.69, 9.17) is 10.5 Å². The molecule has 0 spiro atoms. The van der Waals surface area contributed by atoms with Crippen molar-refractivity contribution in [3.8, 4) is 11.5 Å². The normalized spacial score (nSPS) is 10.9. The number of hydrogen-bond donors (Lipinski definition) is 1. The standard InChI is InChI=1S/C14H10F2N2OS/c1-7-18-12-6-13(11(17)5-14(12)20-7)19-8-2-3-9(15)10(16)4-8/h2-6H,17H2,1H3. The van der Waals surface area contributed by atoms with E-state index in [1.54, 1.807) is 12.1 Å². The van der Waals surface area contributed by atoms with Crippen molar-refractivity contribution < 1.29 is 13.5 Å². The van der Waals surface area contributed by atoms with Crippen LogP contribution in [0, 0.1) is 18.6 Å². The highest BCUT2D eigenvalue weighted by molar-refractivity contribution is 7.18. The molecule has 3 aromatic rings. The predicted molar refractivity (Wildman–Crippen MR) is 75.2 cm³/mol. The number of fused-ring (bicyclic) bond motifs is 1. The lowest BCUT2D eigenvalue weighted by molar-refractivity contribution is 0.463. The minimum absolute atomic E-state index is 0.182. The molecule has 0 radical (unpaired) electrons. The van der Waals surface area contributed by atoms with Gasteiger partial charge in [-0.1, -0.05) is 0 Å². The zero-order chi connectivity index (χ0) is 14.3. The molecule has 3 rings (SSSR count). The maximum Gasteiger partial charge on any atom is 0.162 e. The van der Waals surface area contributed by atoms with Gasteiger partial charge in [0, 0.05) is 12.1 Å². The summed E-state index contributed by atoms with van der Waals surface area (Å²) in [7, 11) is 0. The fourth-order valence-corrected chi connectivity index (χ4v) is 2.70. The average Bonchev–Trinajstić information content (AvgIpc) is 2.73. The molecule has 1 aromatic heterocycles. The fraction of sp³-hybridized carbons (Fsp3) is 0.0714. The summed E-state index contributed by atoms with van der Waals surface area (Å²) in [6, 6.07) is 6.77. The van der Waals surface area contributed by atoms with Crippen molar-refractivity contribution in [1.82, 2.24) is 4.98 Å². The number of hydrogen-bond acceptors (Lipinski definition) is 4. The van der Waals surface area contributed by atoms with E-state index in [9.17, 15) is 8.78 Å². The van der Waals surface area contributed by atoms with Gasteiger partial charge in [-0.15, -0.1) is 11.3 Å².